The number of aryl methyl sites for hydroxylation is 2. The Bertz CT molecular complexity index is 600. The number of aromatic amines is 1. The van der Waals surface area contributed by atoms with Crippen molar-refractivity contribution in [1.29, 1.82) is 0 Å². The van der Waals surface area contributed by atoms with E-state index in [1.54, 1.807) is 7.11 Å². The standard InChI is InChI=1S/C18H29N3O3/c1-12-14(13(2)20-19-12)5-6-16(23)21-9-7-18(8-10-21)15(22)11-17(18,3)24-4/h15,22H,5-11H2,1-4H3,(H,19,20). The van der Waals surface area contributed by atoms with Crippen molar-refractivity contribution in [3.63, 3.8) is 0 Å². The molecule has 1 aliphatic carbocycles. The Balaban J connectivity index is 1.56. The van der Waals surface area contributed by atoms with Gasteiger partial charge >= 0.3 is 0 Å². The normalized spacial score (nSPS) is 28.9. The highest BCUT2D eigenvalue weighted by molar-refractivity contribution is 5.76. The molecule has 1 amide bonds. The number of H-pyrrole nitrogens is 1. The van der Waals surface area contributed by atoms with Gasteiger partial charge in [-0.3, -0.25) is 9.89 Å². The number of methoxy groups -OCH3 is 1. The van der Waals surface area contributed by atoms with Crippen LogP contribution in [0.1, 0.15) is 49.6 Å². The Morgan fingerprint density at radius 1 is 1.42 bits per heavy atom. The van der Waals surface area contributed by atoms with Crippen LogP contribution in [0, 0.1) is 19.3 Å². The quantitative estimate of drug-likeness (QED) is 0.878. The van der Waals surface area contributed by atoms with Gasteiger partial charge in [0.25, 0.3) is 0 Å². The van der Waals surface area contributed by atoms with Gasteiger partial charge in [-0.25, -0.2) is 0 Å². The zero-order valence-electron chi connectivity index (χ0n) is 15.2. The molecule has 134 valence electrons. The number of amides is 1. The molecule has 1 aromatic heterocycles. The van der Waals surface area contributed by atoms with E-state index in [0.29, 0.717) is 25.9 Å². The van der Waals surface area contributed by atoms with Gasteiger partial charge in [0.2, 0.25) is 5.91 Å². The molecule has 1 spiro atoms. The number of carbonyl (C=O) groups excluding carboxylic acids is 1. The summed E-state index contributed by atoms with van der Waals surface area (Å²) in [4.78, 5) is 14.5. The minimum absolute atomic E-state index is 0.184. The lowest BCUT2D eigenvalue weighted by Crippen LogP contribution is -2.69. The zero-order valence-corrected chi connectivity index (χ0v) is 15.2. The third-order valence-corrected chi connectivity index (χ3v) is 6.60. The molecule has 0 radical (unpaired) electrons. The summed E-state index contributed by atoms with van der Waals surface area (Å²) in [5.74, 6) is 0.192. The smallest absolute Gasteiger partial charge is 0.222 e. The lowest BCUT2D eigenvalue weighted by molar-refractivity contribution is -0.261. The van der Waals surface area contributed by atoms with Gasteiger partial charge in [-0.1, -0.05) is 0 Å². The van der Waals surface area contributed by atoms with Crippen LogP contribution in [0.25, 0.3) is 0 Å². The number of ether oxygens (including phenoxy) is 1. The van der Waals surface area contributed by atoms with Crippen LogP contribution in [0.2, 0.25) is 0 Å². The second-order valence-electron chi connectivity index (χ2n) is 7.60. The minimum Gasteiger partial charge on any atom is -0.392 e. The average molecular weight is 335 g/mol. The summed E-state index contributed by atoms with van der Waals surface area (Å²) < 4.78 is 5.68. The van der Waals surface area contributed by atoms with E-state index in [-0.39, 0.29) is 23.0 Å². The number of rotatable bonds is 4. The Hall–Kier alpha value is -1.40. The first-order chi connectivity index (χ1) is 11.3. The third kappa shape index (κ3) is 2.56. The van der Waals surface area contributed by atoms with Gasteiger partial charge in [0.15, 0.2) is 0 Å². The molecule has 3 rings (SSSR count). The molecule has 1 saturated heterocycles. The molecular formula is C18H29N3O3. The molecule has 0 bridgehead atoms. The first-order valence-corrected chi connectivity index (χ1v) is 8.84. The largest absolute Gasteiger partial charge is 0.392 e. The maximum Gasteiger partial charge on any atom is 0.222 e. The van der Waals surface area contributed by atoms with Crippen molar-refractivity contribution in [1.82, 2.24) is 15.1 Å². The third-order valence-electron chi connectivity index (χ3n) is 6.60. The number of piperidine rings is 1. The van der Waals surface area contributed by atoms with Crippen LogP contribution in [-0.4, -0.2) is 58.0 Å². The van der Waals surface area contributed by atoms with E-state index in [1.165, 1.54) is 0 Å². The van der Waals surface area contributed by atoms with Crippen LogP contribution in [0.5, 0.6) is 0 Å². The number of hydrogen-bond acceptors (Lipinski definition) is 4. The van der Waals surface area contributed by atoms with E-state index >= 15 is 0 Å². The van der Waals surface area contributed by atoms with E-state index < -0.39 is 0 Å². The molecule has 2 atom stereocenters. The fourth-order valence-electron chi connectivity index (χ4n) is 4.63. The maximum absolute atomic E-state index is 12.5. The van der Waals surface area contributed by atoms with Gasteiger partial charge in [-0.05, 0) is 45.6 Å². The second-order valence-corrected chi connectivity index (χ2v) is 7.60. The SMILES string of the molecule is COC1(C)CC(O)C12CCN(C(=O)CCc1c(C)n[nH]c1C)CC2. The summed E-state index contributed by atoms with van der Waals surface area (Å²) in [5.41, 5.74) is 2.74. The maximum atomic E-state index is 12.5. The highest BCUT2D eigenvalue weighted by Gasteiger charge is 2.63. The molecule has 1 aromatic rings. The Kier molecular flexibility index (Phi) is 4.47. The van der Waals surface area contributed by atoms with Crippen LogP contribution < -0.4 is 0 Å². The van der Waals surface area contributed by atoms with Gasteiger partial charge in [0.1, 0.15) is 0 Å². The predicted molar refractivity (Wildman–Crippen MR) is 90.7 cm³/mol. The molecule has 6 nitrogen and oxygen atoms in total. The monoisotopic (exact) mass is 335 g/mol. The van der Waals surface area contributed by atoms with Gasteiger partial charge in [-0.2, -0.15) is 5.10 Å². The molecule has 2 fully saturated rings. The van der Waals surface area contributed by atoms with Crippen molar-refractivity contribution in [2.24, 2.45) is 5.41 Å². The Labute approximate surface area is 143 Å². The van der Waals surface area contributed by atoms with Crippen molar-refractivity contribution >= 4 is 5.91 Å². The highest BCUT2D eigenvalue weighted by atomic mass is 16.5. The fraction of sp³-hybridized carbons (Fsp3) is 0.778. The lowest BCUT2D eigenvalue weighted by Gasteiger charge is -2.62. The summed E-state index contributed by atoms with van der Waals surface area (Å²) in [5, 5.41) is 17.5. The van der Waals surface area contributed by atoms with Crippen LogP contribution in [0.3, 0.4) is 0 Å². The number of aliphatic hydroxyl groups is 1. The summed E-state index contributed by atoms with van der Waals surface area (Å²) in [7, 11) is 1.72. The summed E-state index contributed by atoms with van der Waals surface area (Å²) >= 11 is 0. The van der Waals surface area contributed by atoms with Crippen molar-refractivity contribution in [2.75, 3.05) is 20.2 Å². The minimum atomic E-state index is -0.309. The Morgan fingerprint density at radius 2 is 2.08 bits per heavy atom. The number of aliphatic hydroxyl groups excluding tert-OH is 1. The van der Waals surface area contributed by atoms with Crippen molar-refractivity contribution in [3.8, 4) is 0 Å². The number of nitrogens with one attached hydrogen (secondary N) is 1. The molecule has 0 aromatic carbocycles. The number of carbonyl (C=O) groups is 1. The Morgan fingerprint density at radius 3 is 2.58 bits per heavy atom. The van der Waals surface area contributed by atoms with E-state index in [4.69, 9.17) is 4.74 Å². The summed E-state index contributed by atoms with van der Waals surface area (Å²) in [6.07, 6.45) is 3.25. The fourth-order valence-corrected chi connectivity index (χ4v) is 4.63. The molecular weight excluding hydrogens is 306 g/mol. The number of aromatic nitrogens is 2. The topological polar surface area (TPSA) is 78.5 Å². The molecule has 2 N–H and O–H groups in total. The van der Waals surface area contributed by atoms with Gasteiger partial charge < -0.3 is 14.7 Å². The van der Waals surface area contributed by atoms with Gasteiger partial charge in [-0.15, -0.1) is 0 Å². The first kappa shape index (κ1) is 17.4. The lowest BCUT2D eigenvalue weighted by atomic mass is 9.51. The van der Waals surface area contributed by atoms with Crippen LogP contribution in [-0.2, 0) is 16.0 Å². The predicted octanol–water partition coefficient (Wildman–Crippen LogP) is 1.74. The zero-order chi connectivity index (χ0) is 17.5. The van der Waals surface area contributed by atoms with Gasteiger partial charge in [0, 0.05) is 44.1 Å². The second kappa shape index (κ2) is 6.15. The van der Waals surface area contributed by atoms with Crippen molar-refractivity contribution < 1.29 is 14.6 Å². The molecule has 1 saturated carbocycles. The molecule has 6 heteroatoms. The van der Waals surface area contributed by atoms with Crippen LogP contribution in [0.4, 0.5) is 0 Å². The molecule has 2 heterocycles. The average Bonchev–Trinajstić information content (AvgIpc) is 2.90. The summed E-state index contributed by atoms with van der Waals surface area (Å²) in [6, 6.07) is 0. The molecule has 24 heavy (non-hydrogen) atoms. The first-order valence-electron chi connectivity index (χ1n) is 8.84. The van der Waals surface area contributed by atoms with Crippen LogP contribution in [0.15, 0.2) is 0 Å². The molecule has 2 aliphatic rings. The summed E-state index contributed by atoms with van der Waals surface area (Å²) in [6.45, 7) is 7.46. The van der Waals surface area contributed by atoms with Crippen LogP contribution >= 0.6 is 0 Å². The number of likely N-dealkylation sites (tertiary alicyclic amines) is 1. The number of nitrogens with zero attached hydrogens (tertiary/aromatic N) is 2. The molecule has 1 aliphatic heterocycles. The van der Waals surface area contributed by atoms with Crippen molar-refractivity contribution in [2.45, 2.75) is 64.6 Å². The highest BCUT2D eigenvalue weighted by Crippen LogP contribution is 2.57. The van der Waals surface area contributed by atoms with Gasteiger partial charge in [0.05, 0.1) is 17.4 Å². The van der Waals surface area contributed by atoms with E-state index in [2.05, 4.69) is 17.1 Å². The van der Waals surface area contributed by atoms with E-state index in [1.807, 2.05) is 18.7 Å². The molecule has 2 unspecified atom stereocenters. The van der Waals surface area contributed by atoms with E-state index in [0.717, 1.165) is 36.2 Å². The number of hydrogen-bond donors (Lipinski definition) is 2. The van der Waals surface area contributed by atoms with E-state index in [9.17, 15) is 9.90 Å². The van der Waals surface area contributed by atoms with Crippen molar-refractivity contribution in [3.05, 3.63) is 17.0 Å².